The molecular formula is C14H16N4O. The van der Waals surface area contributed by atoms with Gasteiger partial charge in [0, 0.05) is 35.6 Å². The van der Waals surface area contributed by atoms with E-state index < -0.39 is 0 Å². The molecule has 0 saturated heterocycles. The summed E-state index contributed by atoms with van der Waals surface area (Å²) in [6.45, 7) is 0.705. The van der Waals surface area contributed by atoms with Crippen LogP contribution in [0.5, 0.6) is 0 Å². The van der Waals surface area contributed by atoms with Gasteiger partial charge in [0.1, 0.15) is 0 Å². The first-order valence-corrected chi connectivity index (χ1v) is 6.44. The summed E-state index contributed by atoms with van der Waals surface area (Å²) >= 11 is 0. The average molecular weight is 256 g/mol. The molecule has 1 amide bonds. The fourth-order valence-electron chi connectivity index (χ4n) is 1.88. The van der Waals surface area contributed by atoms with E-state index in [1.165, 1.54) is 0 Å². The summed E-state index contributed by atoms with van der Waals surface area (Å²) < 4.78 is 0. The van der Waals surface area contributed by atoms with Crippen molar-refractivity contribution < 1.29 is 4.79 Å². The van der Waals surface area contributed by atoms with E-state index in [-0.39, 0.29) is 11.8 Å². The molecule has 0 atom stereocenters. The van der Waals surface area contributed by atoms with Gasteiger partial charge in [-0.1, -0.05) is 6.07 Å². The molecule has 19 heavy (non-hydrogen) atoms. The summed E-state index contributed by atoms with van der Waals surface area (Å²) in [5.41, 5.74) is 2.91. The number of H-pyrrole nitrogens is 1. The molecule has 2 aromatic rings. The lowest BCUT2D eigenvalue weighted by molar-refractivity contribution is -0.117. The van der Waals surface area contributed by atoms with Gasteiger partial charge in [-0.3, -0.25) is 9.89 Å². The van der Waals surface area contributed by atoms with Gasteiger partial charge in [0.25, 0.3) is 0 Å². The molecule has 1 aromatic heterocycles. The van der Waals surface area contributed by atoms with E-state index in [0.717, 1.165) is 29.8 Å². The quantitative estimate of drug-likeness (QED) is 0.769. The third-order valence-corrected chi connectivity index (χ3v) is 3.13. The summed E-state index contributed by atoms with van der Waals surface area (Å²) in [5, 5.41) is 12.9. The second-order valence-corrected chi connectivity index (χ2v) is 4.80. The van der Waals surface area contributed by atoms with Crippen molar-refractivity contribution in [1.29, 1.82) is 0 Å². The Morgan fingerprint density at radius 2 is 2.21 bits per heavy atom. The Labute approximate surface area is 111 Å². The van der Waals surface area contributed by atoms with Crippen molar-refractivity contribution in [1.82, 2.24) is 10.2 Å². The number of aromatic amines is 1. The highest BCUT2D eigenvalue weighted by Gasteiger charge is 2.29. The van der Waals surface area contributed by atoms with Gasteiger partial charge in [-0.25, -0.2) is 0 Å². The third-order valence-electron chi connectivity index (χ3n) is 3.13. The first-order valence-electron chi connectivity index (χ1n) is 6.44. The van der Waals surface area contributed by atoms with Crippen LogP contribution in [0.2, 0.25) is 0 Å². The predicted molar refractivity (Wildman–Crippen MR) is 73.7 cm³/mol. The fraction of sp³-hybridized carbons (Fsp3) is 0.286. The minimum absolute atomic E-state index is 0.131. The zero-order valence-electron chi connectivity index (χ0n) is 10.5. The van der Waals surface area contributed by atoms with Crippen LogP contribution in [-0.2, 0) is 11.3 Å². The number of rotatable bonds is 5. The van der Waals surface area contributed by atoms with Gasteiger partial charge in [-0.2, -0.15) is 5.10 Å². The van der Waals surface area contributed by atoms with Crippen molar-refractivity contribution in [2.75, 3.05) is 10.6 Å². The Kier molecular flexibility index (Phi) is 3.18. The number of aromatic nitrogens is 2. The van der Waals surface area contributed by atoms with Gasteiger partial charge < -0.3 is 10.6 Å². The topological polar surface area (TPSA) is 69.8 Å². The Morgan fingerprint density at radius 1 is 1.37 bits per heavy atom. The minimum Gasteiger partial charge on any atom is -0.381 e. The summed E-state index contributed by atoms with van der Waals surface area (Å²) in [5.74, 6) is 0.356. The molecule has 3 rings (SSSR count). The minimum atomic E-state index is 0.131. The maximum atomic E-state index is 11.7. The Hall–Kier alpha value is -2.30. The summed E-state index contributed by atoms with van der Waals surface area (Å²) in [4.78, 5) is 11.7. The number of nitrogens with one attached hydrogen (secondary N) is 3. The van der Waals surface area contributed by atoms with Crippen molar-refractivity contribution in [3.63, 3.8) is 0 Å². The van der Waals surface area contributed by atoms with E-state index in [1.54, 1.807) is 6.20 Å². The van der Waals surface area contributed by atoms with Crippen molar-refractivity contribution in [2.45, 2.75) is 19.4 Å². The standard InChI is InChI=1S/C14H16N4O/c19-14(11-4-5-11)18-13-3-1-2-12(6-13)15-7-10-8-16-17-9-10/h1-3,6,8-9,11,15H,4-5,7H2,(H,16,17)(H,18,19). The fourth-order valence-corrected chi connectivity index (χ4v) is 1.88. The maximum absolute atomic E-state index is 11.7. The number of hydrogen-bond donors (Lipinski definition) is 3. The molecule has 98 valence electrons. The molecule has 1 aromatic carbocycles. The molecule has 5 nitrogen and oxygen atoms in total. The molecular weight excluding hydrogens is 240 g/mol. The Bertz CT molecular complexity index is 561. The average Bonchev–Trinajstić information content (AvgIpc) is 3.14. The number of carbonyl (C=O) groups excluding carboxylic acids is 1. The number of carbonyl (C=O) groups is 1. The zero-order chi connectivity index (χ0) is 13.1. The zero-order valence-corrected chi connectivity index (χ0v) is 10.5. The number of benzene rings is 1. The molecule has 0 bridgehead atoms. The summed E-state index contributed by atoms with van der Waals surface area (Å²) in [6.07, 6.45) is 5.67. The SMILES string of the molecule is O=C(Nc1cccc(NCc2cn[nH]c2)c1)C1CC1. The molecule has 0 unspecified atom stereocenters. The number of nitrogens with zero attached hydrogens (tertiary/aromatic N) is 1. The van der Waals surface area contributed by atoms with Gasteiger partial charge in [0.05, 0.1) is 6.20 Å². The highest BCUT2D eigenvalue weighted by atomic mass is 16.2. The second kappa shape index (κ2) is 5.14. The third kappa shape index (κ3) is 3.13. The number of amides is 1. The van der Waals surface area contributed by atoms with Crippen molar-refractivity contribution in [2.24, 2.45) is 5.92 Å². The van der Waals surface area contributed by atoms with E-state index in [2.05, 4.69) is 20.8 Å². The van der Waals surface area contributed by atoms with Gasteiger partial charge in [0.15, 0.2) is 0 Å². The summed E-state index contributed by atoms with van der Waals surface area (Å²) in [6, 6.07) is 7.76. The molecule has 3 N–H and O–H groups in total. The molecule has 1 heterocycles. The van der Waals surface area contributed by atoms with Crippen LogP contribution in [0.4, 0.5) is 11.4 Å². The molecule has 0 radical (unpaired) electrons. The van der Waals surface area contributed by atoms with E-state index in [4.69, 9.17) is 0 Å². The van der Waals surface area contributed by atoms with E-state index >= 15 is 0 Å². The lowest BCUT2D eigenvalue weighted by Crippen LogP contribution is -2.13. The van der Waals surface area contributed by atoms with Crippen molar-refractivity contribution in [3.05, 3.63) is 42.2 Å². The van der Waals surface area contributed by atoms with Crippen LogP contribution in [0.1, 0.15) is 18.4 Å². The molecule has 0 aliphatic heterocycles. The van der Waals surface area contributed by atoms with Gasteiger partial charge in [-0.15, -0.1) is 0 Å². The van der Waals surface area contributed by atoms with Gasteiger partial charge in [0.2, 0.25) is 5.91 Å². The first kappa shape index (κ1) is 11.8. The molecule has 5 heteroatoms. The number of anilines is 2. The number of hydrogen-bond acceptors (Lipinski definition) is 3. The van der Waals surface area contributed by atoms with E-state index in [1.807, 2.05) is 30.5 Å². The molecule has 0 spiro atoms. The molecule has 1 fully saturated rings. The lowest BCUT2D eigenvalue weighted by atomic mass is 10.2. The largest absolute Gasteiger partial charge is 0.381 e. The van der Waals surface area contributed by atoms with Gasteiger partial charge in [-0.05, 0) is 31.0 Å². The van der Waals surface area contributed by atoms with Gasteiger partial charge >= 0.3 is 0 Å². The van der Waals surface area contributed by atoms with Crippen LogP contribution >= 0.6 is 0 Å². The maximum Gasteiger partial charge on any atom is 0.227 e. The van der Waals surface area contributed by atoms with Crippen LogP contribution in [0.3, 0.4) is 0 Å². The molecule has 1 aliphatic rings. The molecule has 1 aliphatic carbocycles. The molecule has 1 saturated carbocycles. The van der Waals surface area contributed by atoms with Crippen molar-refractivity contribution in [3.8, 4) is 0 Å². The normalized spacial score (nSPS) is 14.1. The predicted octanol–water partition coefficient (Wildman–Crippen LogP) is 2.37. The van der Waals surface area contributed by atoms with Crippen LogP contribution < -0.4 is 10.6 Å². The summed E-state index contributed by atoms with van der Waals surface area (Å²) in [7, 11) is 0. The van der Waals surface area contributed by atoms with E-state index in [9.17, 15) is 4.79 Å². The smallest absolute Gasteiger partial charge is 0.227 e. The van der Waals surface area contributed by atoms with Crippen LogP contribution in [-0.4, -0.2) is 16.1 Å². The van der Waals surface area contributed by atoms with E-state index in [0.29, 0.717) is 6.54 Å². The highest BCUT2D eigenvalue weighted by Crippen LogP contribution is 2.30. The van der Waals surface area contributed by atoms with Crippen LogP contribution in [0.15, 0.2) is 36.7 Å². The van der Waals surface area contributed by atoms with Crippen LogP contribution in [0, 0.1) is 5.92 Å². The van der Waals surface area contributed by atoms with Crippen molar-refractivity contribution >= 4 is 17.3 Å². The first-order chi connectivity index (χ1) is 9.31. The second-order valence-electron chi connectivity index (χ2n) is 4.80. The highest BCUT2D eigenvalue weighted by molar-refractivity contribution is 5.94. The Balaban J connectivity index is 1.60. The monoisotopic (exact) mass is 256 g/mol. The van der Waals surface area contributed by atoms with Crippen LogP contribution in [0.25, 0.3) is 0 Å². The lowest BCUT2D eigenvalue weighted by Gasteiger charge is -2.08. The Morgan fingerprint density at radius 3 is 2.95 bits per heavy atom.